The van der Waals surface area contributed by atoms with Crippen molar-refractivity contribution in [1.29, 1.82) is 0 Å². The largest absolute Gasteiger partial charge is 0.381 e. The minimum absolute atomic E-state index is 0.226. The Labute approximate surface area is 61.6 Å². The molecule has 0 aromatic heterocycles. The summed E-state index contributed by atoms with van der Waals surface area (Å²) in [6, 6.07) is 0. The lowest BCUT2D eigenvalue weighted by molar-refractivity contribution is -0.113. The van der Waals surface area contributed by atoms with Gasteiger partial charge in [-0.25, -0.2) is 0 Å². The highest BCUT2D eigenvalue weighted by Gasteiger charge is 2.19. The van der Waals surface area contributed by atoms with Crippen molar-refractivity contribution >= 4 is 6.29 Å². The molecule has 58 valence electrons. The molecule has 0 N–H and O–H groups in total. The zero-order valence-electron chi connectivity index (χ0n) is 6.38. The maximum atomic E-state index is 10.4. The first-order chi connectivity index (χ1) is 4.84. The summed E-state index contributed by atoms with van der Waals surface area (Å²) in [5, 5.41) is 0. The monoisotopic (exact) mass is 142 g/mol. The fourth-order valence-electron chi connectivity index (χ4n) is 1.35. The van der Waals surface area contributed by atoms with Gasteiger partial charge in [0.2, 0.25) is 0 Å². The van der Waals surface area contributed by atoms with E-state index in [-0.39, 0.29) is 5.92 Å². The molecule has 0 radical (unpaired) electrons. The van der Waals surface area contributed by atoms with E-state index in [1.54, 1.807) is 0 Å². The van der Waals surface area contributed by atoms with Crippen LogP contribution in [0.2, 0.25) is 0 Å². The summed E-state index contributed by atoms with van der Waals surface area (Å²) in [7, 11) is 0. The van der Waals surface area contributed by atoms with Gasteiger partial charge in [0, 0.05) is 19.1 Å². The Morgan fingerprint density at radius 1 is 1.50 bits per heavy atom. The Hall–Kier alpha value is -0.370. The first kappa shape index (κ1) is 7.73. The van der Waals surface area contributed by atoms with Gasteiger partial charge < -0.3 is 9.53 Å². The van der Waals surface area contributed by atoms with Gasteiger partial charge >= 0.3 is 0 Å². The van der Waals surface area contributed by atoms with Crippen molar-refractivity contribution in [2.24, 2.45) is 11.8 Å². The first-order valence-corrected chi connectivity index (χ1v) is 3.87. The van der Waals surface area contributed by atoms with Gasteiger partial charge in [0.05, 0.1) is 0 Å². The second-order valence-electron chi connectivity index (χ2n) is 2.95. The van der Waals surface area contributed by atoms with Crippen LogP contribution in [0.5, 0.6) is 0 Å². The Kier molecular flexibility index (Phi) is 2.87. The standard InChI is InChI=1S/C8H14O2/c1-7(6-9)8-2-4-10-5-3-8/h6-8H,2-5H2,1H3. The van der Waals surface area contributed by atoms with Crippen LogP contribution in [0, 0.1) is 11.8 Å². The van der Waals surface area contributed by atoms with Crippen LogP contribution in [0.15, 0.2) is 0 Å². The van der Waals surface area contributed by atoms with Crippen LogP contribution >= 0.6 is 0 Å². The highest BCUT2D eigenvalue weighted by atomic mass is 16.5. The molecule has 0 bridgehead atoms. The average molecular weight is 142 g/mol. The van der Waals surface area contributed by atoms with Gasteiger partial charge in [-0.05, 0) is 18.8 Å². The molecule has 1 heterocycles. The van der Waals surface area contributed by atoms with Crippen molar-refractivity contribution < 1.29 is 9.53 Å². The van der Waals surface area contributed by atoms with E-state index in [9.17, 15) is 4.79 Å². The molecular weight excluding hydrogens is 128 g/mol. The predicted octanol–water partition coefficient (Wildman–Crippen LogP) is 1.25. The van der Waals surface area contributed by atoms with Gasteiger partial charge in [-0.2, -0.15) is 0 Å². The molecule has 0 saturated carbocycles. The second kappa shape index (κ2) is 3.71. The molecule has 0 aromatic rings. The van der Waals surface area contributed by atoms with Gasteiger partial charge in [-0.3, -0.25) is 0 Å². The molecule has 0 aliphatic carbocycles. The van der Waals surface area contributed by atoms with E-state index < -0.39 is 0 Å². The van der Waals surface area contributed by atoms with Crippen molar-refractivity contribution in [2.45, 2.75) is 19.8 Å². The SMILES string of the molecule is CC(C=O)C1CCOCC1. The molecule has 1 aliphatic rings. The van der Waals surface area contributed by atoms with Crippen LogP contribution in [0.3, 0.4) is 0 Å². The van der Waals surface area contributed by atoms with E-state index in [0.29, 0.717) is 5.92 Å². The summed E-state index contributed by atoms with van der Waals surface area (Å²) in [5.74, 6) is 0.801. The van der Waals surface area contributed by atoms with Crippen LogP contribution in [0.1, 0.15) is 19.8 Å². The number of hydrogen-bond donors (Lipinski definition) is 0. The van der Waals surface area contributed by atoms with Gasteiger partial charge in [0.25, 0.3) is 0 Å². The molecule has 1 atom stereocenters. The second-order valence-corrected chi connectivity index (χ2v) is 2.95. The topological polar surface area (TPSA) is 26.3 Å². The fourth-order valence-corrected chi connectivity index (χ4v) is 1.35. The zero-order valence-corrected chi connectivity index (χ0v) is 6.38. The van der Waals surface area contributed by atoms with E-state index in [2.05, 4.69) is 0 Å². The molecular formula is C8H14O2. The molecule has 1 saturated heterocycles. The van der Waals surface area contributed by atoms with E-state index in [1.807, 2.05) is 6.92 Å². The van der Waals surface area contributed by atoms with Gasteiger partial charge in [-0.15, -0.1) is 0 Å². The maximum Gasteiger partial charge on any atom is 0.123 e. The van der Waals surface area contributed by atoms with Crippen LogP contribution < -0.4 is 0 Å². The summed E-state index contributed by atoms with van der Waals surface area (Å²) in [6.45, 7) is 3.66. The molecule has 2 nitrogen and oxygen atoms in total. The Morgan fingerprint density at radius 2 is 2.10 bits per heavy atom. The third-order valence-electron chi connectivity index (χ3n) is 2.22. The third kappa shape index (κ3) is 1.81. The van der Waals surface area contributed by atoms with Crippen molar-refractivity contribution in [1.82, 2.24) is 0 Å². The van der Waals surface area contributed by atoms with Gasteiger partial charge in [0.1, 0.15) is 6.29 Å². The molecule has 10 heavy (non-hydrogen) atoms. The molecule has 1 rings (SSSR count). The summed E-state index contributed by atoms with van der Waals surface area (Å²) >= 11 is 0. The average Bonchev–Trinajstić information content (AvgIpc) is 2.05. The van der Waals surface area contributed by atoms with Crippen LogP contribution in [-0.4, -0.2) is 19.5 Å². The highest BCUT2D eigenvalue weighted by molar-refractivity contribution is 5.53. The van der Waals surface area contributed by atoms with Crippen molar-refractivity contribution in [3.63, 3.8) is 0 Å². The lowest BCUT2D eigenvalue weighted by atomic mass is 9.88. The minimum Gasteiger partial charge on any atom is -0.381 e. The van der Waals surface area contributed by atoms with E-state index in [0.717, 1.165) is 32.3 Å². The molecule has 0 aromatic carbocycles. The highest BCUT2D eigenvalue weighted by Crippen LogP contribution is 2.21. The summed E-state index contributed by atoms with van der Waals surface area (Å²) in [6.07, 6.45) is 3.16. The lowest BCUT2D eigenvalue weighted by Crippen LogP contribution is -2.22. The zero-order chi connectivity index (χ0) is 7.40. The van der Waals surface area contributed by atoms with E-state index in [4.69, 9.17) is 4.74 Å². The molecule has 1 aliphatic heterocycles. The number of rotatable bonds is 2. The normalized spacial score (nSPS) is 24.1. The van der Waals surface area contributed by atoms with Crippen molar-refractivity contribution in [2.75, 3.05) is 13.2 Å². The number of ether oxygens (including phenoxy) is 1. The smallest absolute Gasteiger partial charge is 0.123 e. The van der Waals surface area contributed by atoms with Gasteiger partial charge in [-0.1, -0.05) is 6.92 Å². The number of carbonyl (C=O) groups excluding carboxylic acids is 1. The Balaban J connectivity index is 2.30. The number of hydrogen-bond acceptors (Lipinski definition) is 2. The summed E-state index contributed by atoms with van der Waals surface area (Å²) < 4.78 is 5.18. The number of aldehydes is 1. The number of carbonyl (C=O) groups is 1. The van der Waals surface area contributed by atoms with E-state index in [1.165, 1.54) is 0 Å². The quantitative estimate of drug-likeness (QED) is 0.542. The molecule has 0 amide bonds. The Bertz CT molecular complexity index is 106. The predicted molar refractivity (Wildman–Crippen MR) is 38.8 cm³/mol. The maximum absolute atomic E-state index is 10.4. The molecule has 2 heteroatoms. The third-order valence-corrected chi connectivity index (χ3v) is 2.22. The summed E-state index contributed by atoms with van der Waals surface area (Å²) in [4.78, 5) is 10.4. The minimum atomic E-state index is 0.226. The van der Waals surface area contributed by atoms with Crippen LogP contribution in [-0.2, 0) is 9.53 Å². The van der Waals surface area contributed by atoms with Crippen LogP contribution in [0.4, 0.5) is 0 Å². The fraction of sp³-hybridized carbons (Fsp3) is 0.875. The van der Waals surface area contributed by atoms with Crippen LogP contribution in [0.25, 0.3) is 0 Å². The molecule has 1 unspecified atom stereocenters. The Morgan fingerprint density at radius 3 is 2.60 bits per heavy atom. The van der Waals surface area contributed by atoms with Gasteiger partial charge in [0.15, 0.2) is 0 Å². The van der Waals surface area contributed by atoms with Crippen molar-refractivity contribution in [3.8, 4) is 0 Å². The molecule has 1 fully saturated rings. The first-order valence-electron chi connectivity index (χ1n) is 3.87. The lowest BCUT2D eigenvalue weighted by Gasteiger charge is -2.24. The summed E-state index contributed by atoms with van der Waals surface area (Å²) in [5.41, 5.74) is 0. The van der Waals surface area contributed by atoms with E-state index >= 15 is 0 Å². The molecule has 0 spiro atoms. The van der Waals surface area contributed by atoms with Crippen molar-refractivity contribution in [3.05, 3.63) is 0 Å².